The Morgan fingerprint density at radius 1 is 1.25 bits per heavy atom. The van der Waals surface area contributed by atoms with Crippen molar-refractivity contribution >= 4 is 41.8 Å². The summed E-state index contributed by atoms with van der Waals surface area (Å²) < 4.78 is 1.90. The van der Waals surface area contributed by atoms with E-state index < -0.39 is 0 Å². The first-order valence-electron chi connectivity index (χ1n) is 9.85. The van der Waals surface area contributed by atoms with Crippen molar-refractivity contribution in [2.24, 2.45) is 17.6 Å². The summed E-state index contributed by atoms with van der Waals surface area (Å²) in [5.74, 6) is 1.02. The molecule has 2 aliphatic rings. The van der Waals surface area contributed by atoms with E-state index in [1.807, 2.05) is 17.7 Å². The Morgan fingerprint density at radius 2 is 1.89 bits per heavy atom. The lowest BCUT2D eigenvalue weighted by Crippen LogP contribution is -2.53. The molecule has 2 heterocycles. The first-order chi connectivity index (χ1) is 12.4. The highest BCUT2D eigenvalue weighted by molar-refractivity contribution is 5.98. The van der Waals surface area contributed by atoms with E-state index in [4.69, 9.17) is 5.73 Å². The molecule has 2 bridgehead atoms. The molecule has 6 nitrogen and oxygen atoms in total. The van der Waals surface area contributed by atoms with Crippen LogP contribution in [-0.4, -0.2) is 32.8 Å². The minimum absolute atomic E-state index is 0. The number of pyridine rings is 1. The van der Waals surface area contributed by atoms with E-state index in [-0.39, 0.29) is 42.8 Å². The van der Waals surface area contributed by atoms with Crippen LogP contribution in [0.15, 0.2) is 12.3 Å². The van der Waals surface area contributed by atoms with Crippen LogP contribution in [0, 0.1) is 18.8 Å². The number of fused-ring (bicyclic) bond motifs is 3. The quantitative estimate of drug-likeness (QED) is 0.779. The summed E-state index contributed by atoms with van der Waals surface area (Å²) in [6.45, 7) is 6.07. The molecule has 0 aliphatic heterocycles. The molecule has 0 saturated heterocycles. The highest BCUT2D eigenvalue weighted by Crippen LogP contribution is 2.39. The van der Waals surface area contributed by atoms with E-state index in [0.29, 0.717) is 23.4 Å². The zero-order valence-corrected chi connectivity index (χ0v) is 18.4. The van der Waals surface area contributed by atoms with Crippen molar-refractivity contribution in [2.75, 3.05) is 0 Å². The van der Waals surface area contributed by atoms with E-state index in [9.17, 15) is 4.79 Å². The number of carbonyl (C=O) groups is 1. The van der Waals surface area contributed by atoms with Crippen molar-refractivity contribution in [3.05, 3.63) is 23.5 Å². The Balaban J connectivity index is 0.00000140. The molecule has 2 atom stereocenters. The standard InChI is InChI=1S/C20H29N5O.2ClH/c1-11(2)25-19-15(10-22-25)9-17(12(3)23-19)20(26)24-18-13-5-4-6-14(18)8-16(21)7-13;;/h9-11,13-14,16,18H,4-8,21H2,1-3H3,(H,24,26);2*1H. The van der Waals surface area contributed by atoms with E-state index in [1.54, 1.807) is 6.20 Å². The number of nitrogens with one attached hydrogen (secondary N) is 1. The van der Waals surface area contributed by atoms with Crippen molar-refractivity contribution < 1.29 is 4.79 Å². The van der Waals surface area contributed by atoms with Gasteiger partial charge in [0.2, 0.25) is 0 Å². The number of amides is 1. The Bertz CT molecular complexity index is 823. The fourth-order valence-corrected chi connectivity index (χ4v) is 4.93. The number of aromatic nitrogens is 3. The Hall–Kier alpha value is -1.37. The number of hydrogen-bond acceptors (Lipinski definition) is 4. The van der Waals surface area contributed by atoms with Crippen molar-refractivity contribution in [1.82, 2.24) is 20.1 Å². The van der Waals surface area contributed by atoms with Crippen molar-refractivity contribution in [3.63, 3.8) is 0 Å². The molecule has 4 rings (SSSR count). The molecule has 156 valence electrons. The van der Waals surface area contributed by atoms with Gasteiger partial charge < -0.3 is 11.1 Å². The molecule has 2 fully saturated rings. The fraction of sp³-hybridized carbons (Fsp3) is 0.650. The second kappa shape index (κ2) is 8.97. The van der Waals surface area contributed by atoms with E-state index in [0.717, 1.165) is 29.6 Å². The summed E-state index contributed by atoms with van der Waals surface area (Å²) >= 11 is 0. The molecule has 2 aliphatic carbocycles. The van der Waals surface area contributed by atoms with Crippen LogP contribution in [-0.2, 0) is 0 Å². The van der Waals surface area contributed by atoms with Gasteiger partial charge in [-0.15, -0.1) is 24.8 Å². The Labute approximate surface area is 178 Å². The Morgan fingerprint density at radius 3 is 2.50 bits per heavy atom. The van der Waals surface area contributed by atoms with Crippen LogP contribution in [0.25, 0.3) is 11.0 Å². The van der Waals surface area contributed by atoms with Gasteiger partial charge in [-0.2, -0.15) is 5.10 Å². The molecule has 2 saturated carbocycles. The largest absolute Gasteiger partial charge is 0.349 e. The second-order valence-corrected chi connectivity index (χ2v) is 8.40. The maximum atomic E-state index is 13.0. The molecular formula is C20H31Cl2N5O. The summed E-state index contributed by atoms with van der Waals surface area (Å²) in [6.07, 6.45) is 7.46. The number of halogens is 2. The molecule has 0 radical (unpaired) electrons. The van der Waals surface area contributed by atoms with Gasteiger partial charge in [0.25, 0.3) is 5.91 Å². The van der Waals surface area contributed by atoms with Gasteiger partial charge in [0.15, 0.2) is 5.65 Å². The van der Waals surface area contributed by atoms with Crippen LogP contribution in [0.4, 0.5) is 0 Å². The molecule has 8 heteroatoms. The summed E-state index contributed by atoms with van der Waals surface area (Å²) in [4.78, 5) is 17.7. The molecule has 2 aromatic heterocycles. The maximum absolute atomic E-state index is 13.0. The van der Waals surface area contributed by atoms with Gasteiger partial charge in [-0.25, -0.2) is 9.67 Å². The zero-order chi connectivity index (χ0) is 18.4. The van der Waals surface area contributed by atoms with Crippen LogP contribution in [0.5, 0.6) is 0 Å². The van der Waals surface area contributed by atoms with E-state index in [2.05, 4.69) is 29.2 Å². The molecule has 0 aromatic carbocycles. The lowest BCUT2D eigenvalue weighted by Gasteiger charge is -2.45. The number of aryl methyl sites for hydroxylation is 1. The molecule has 2 aromatic rings. The number of nitrogens with zero attached hydrogens (tertiary/aromatic N) is 3. The van der Waals surface area contributed by atoms with Crippen LogP contribution < -0.4 is 11.1 Å². The normalized spacial score (nSPS) is 26.5. The number of rotatable bonds is 3. The third kappa shape index (κ3) is 4.14. The third-order valence-corrected chi connectivity index (χ3v) is 6.17. The smallest absolute Gasteiger partial charge is 0.253 e. The first kappa shape index (κ1) is 22.9. The molecular weight excluding hydrogens is 397 g/mol. The van der Waals surface area contributed by atoms with Gasteiger partial charge in [-0.1, -0.05) is 6.42 Å². The summed E-state index contributed by atoms with van der Waals surface area (Å²) in [5, 5.41) is 8.66. The second-order valence-electron chi connectivity index (χ2n) is 8.40. The van der Waals surface area contributed by atoms with Crippen molar-refractivity contribution in [2.45, 2.75) is 71.0 Å². The first-order valence-corrected chi connectivity index (χ1v) is 9.85. The summed E-state index contributed by atoms with van der Waals surface area (Å²) in [6, 6.07) is 2.72. The third-order valence-electron chi connectivity index (χ3n) is 6.17. The molecule has 28 heavy (non-hydrogen) atoms. The van der Waals surface area contributed by atoms with Crippen LogP contribution >= 0.6 is 24.8 Å². The SMILES string of the molecule is Cc1nc2c(cnn2C(C)C)cc1C(=O)NC1C2CCCC1CC(N)C2.Cl.Cl. The average molecular weight is 428 g/mol. The minimum atomic E-state index is -0.00781. The summed E-state index contributed by atoms with van der Waals surface area (Å²) in [5.41, 5.74) is 8.47. The monoisotopic (exact) mass is 427 g/mol. The van der Waals surface area contributed by atoms with Crippen LogP contribution in [0.1, 0.15) is 68.0 Å². The van der Waals surface area contributed by atoms with E-state index in [1.165, 1.54) is 19.3 Å². The molecule has 1 amide bonds. The van der Waals surface area contributed by atoms with Crippen molar-refractivity contribution in [1.29, 1.82) is 0 Å². The molecule has 2 unspecified atom stereocenters. The van der Waals surface area contributed by atoms with Gasteiger partial charge in [0.1, 0.15) is 0 Å². The van der Waals surface area contributed by atoms with Gasteiger partial charge >= 0.3 is 0 Å². The van der Waals surface area contributed by atoms with Gasteiger partial charge in [-0.05, 0) is 64.4 Å². The highest BCUT2D eigenvalue weighted by atomic mass is 35.5. The predicted octanol–water partition coefficient (Wildman–Crippen LogP) is 3.80. The topological polar surface area (TPSA) is 85.8 Å². The number of nitrogens with two attached hydrogens (primary N) is 1. The van der Waals surface area contributed by atoms with Crippen LogP contribution in [0.3, 0.4) is 0 Å². The summed E-state index contributed by atoms with van der Waals surface area (Å²) in [7, 11) is 0. The Kier molecular flexibility index (Phi) is 7.34. The highest BCUT2D eigenvalue weighted by Gasteiger charge is 2.40. The van der Waals surface area contributed by atoms with Crippen molar-refractivity contribution in [3.8, 4) is 0 Å². The average Bonchev–Trinajstić information content (AvgIpc) is 2.97. The number of carbonyl (C=O) groups excluding carboxylic acids is 1. The van der Waals surface area contributed by atoms with Gasteiger partial charge in [-0.3, -0.25) is 4.79 Å². The zero-order valence-electron chi connectivity index (χ0n) is 16.7. The van der Waals surface area contributed by atoms with E-state index >= 15 is 0 Å². The maximum Gasteiger partial charge on any atom is 0.253 e. The lowest BCUT2D eigenvalue weighted by atomic mass is 9.67. The predicted molar refractivity (Wildman–Crippen MR) is 116 cm³/mol. The van der Waals surface area contributed by atoms with Gasteiger partial charge in [0.05, 0.1) is 17.5 Å². The fourth-order valence-electron chi connectivity index (χ4n) is 4.93. The van der Waals surface area contributed by atoms with Crippen LogP contribution in [0.2, 0.25) is 0 Å². The number of hydrogen-bond donors (Lipinski definition) is 2. The van der Waals surface area contributed by atoms with Gasteiger partial charge in [0, 0.05) is 23.5 Å². The lowest BCUT2D eigenvalue weighted by molar-refractivity contribution is 0.0755. The molecule has 0 spiro atoms. The molecule has 3 N–H and O–H groups in total. The minimum Gasteiger partial charge on any atom is -0.349 e.